The van der Waals surface area contributed by atoms with Gasteiger partial charge in [0.05, 0.1) is 25.4 Å². The topological polar surface area (TPSA) is 36.9 Å². The summed E-state index contributed by atoms with van der Waals surface area (Å²) in [6, 6.07) is 0. The Morgan fingerprint density at radius 2 is 1.19 bits per heavy atom. The molecular weight excluding hydrogens is 208 g/mol. The summed E-state index contributed by atoms with van der Waals surface area (Å²) >= 11 is 0. The van der Waals surface area contributed by atoms with Gasteiger partial charge < -0.3 is 18.9 Å². The summed E-state index contributed by atoms with van der Waals surface area (Å²) in [5.74, 6) is 0. The second-order valence-electron chi connectivity index (χ2n) is 5.04. The van der Waals surface area contributed by atoms with E-state index in [0.29, 0.717) is 13.2 Å². The fraction of sp³-hybridized carbons (Fsp3) is 1.00. The molecule has 0 bridgehead atoms. The fourth-order valence-corrected chi connectivity index (χ4v) is 2.36. The second kappa shape index (κ2) is 5.00. The summed E-state index contributed by atoms with van der Waals surface area (Å²) in [7, 11) is 0. The standard InChI is InChI=1S/C12H22O4/c1-7(2)15-9-5-13-12-10(16-8(3)4)6-14-11(9)12/h7-12H,5-6H2,1-4H3/t9-,10-,11+,12+/m1/s1. The highest BCUT2D eigenvalue weighted by Gasteiger charge is 2.49. The molecule has 0 aromatic rings. The zero-order valence-corrected chi connectivity index (χ0v) is 10.5. The van der Waals surface area contributed by atoms with Gasteiger partial charge in [-0.15, -0.1) is 0 Å². The Balaban J connectivity index is 1.90. The molecule has 2 saturated heterocycles. The highest BCUT2D eigenvalue weighted by atomic mass is 16.6. The van der Waals surface area contributed by atoms with Crippen LogP contribution in [0.3, 0.4) is 0 Å². The first-order valence-electron chi connectivity index (χ1n) is 6.12. The quantitative estimate of drug-likeness (QED) is 0.731. The van der Waals surface area contributed by atoms with Crippen LogP contribution in [0, 0.1) is 0 Å². The molecule has 2 heterocycles. The third-order valence-electron chi connectivity index (χ3n) is 2.86. The number of hydrogen-bond donors (Lipinski definition) is 0. The predicted octanol–water partition coefficient (Wildman–Crippen LogP) is 1.37. The Kier molecular flexibility index (Phi) is 3.85. The molecule has 94 valence electrons. The molecular formula is C12H22O4. The minimum absolute atomic E-state index is 0.0474. The van der Waals surface area contributed by atoms with E-state index in [1.807, 2.05) is 27.7 Å². The molecule has 0 saturated carbocycles. The van der Waals surface area contributed by atoms with Gasteiger partial charge in [-0.25, -0.2) is 0 Å². The van der Waals surface area contributed by atoms with Gasteiger partial charge >= 0.3 is 0 Å². The van der Waals surface area contributed by atoms with Crippen molar-refractivity contribution >= 4 is 0 Å². The van der Waals surface area contributed by atoms with E-state index in [-0.39, 0.29) is 36.6 Å². The Morgan fingerprint density at radius 3 is 1.50 bits per heavy atom. The molecule has 0 unspecified atom stereocenters. The highest BCUT2D eigenvalue weighted by Crippen LogP contribution is 2.31. The molecule has 0 radical (unpaired) electrons. The first kappa shape index (κ1) is 12.3. The molecule has 0 aromatic carbocycles. The zero-order chi connectivity index (χ0) is 11.7. The molecule has 2 fully saturated rings. The summed E-state index contributed by atoms with van der Waals surface area (Å²) < 4.78 is 23.0. The molecule has 0 amide bonds. The summed E-state index contributed by atoms with van der Waals surface area (Å²) in [5.41, 5.74) is 0. The molecule has 0 N–H and O–H groups in total. The minimum atomic E-state index is 0.0474. The monoisotopic (exact) mass is 230 g/mol. The lowest BCUT2D eigenvalue weighted by Crippen LogP contribution is -2.35. The van der Waals surface area contributed by atoms with Gasteiger partial charge in [0.1, 0.15) is 24.4 Å². The van der Waals surface area contributed by atoms with E-state index in [1.165, 1.54) is 0 Å². The second-order valence-corrected chi connectivity index (χ2v) is 5.04. The van der Waals surface area contributed by atoms with Crippen molar-refractivity contribution in [1.82, 2.24) is 0 Å². The third kappa shape index (κ3) is 2.56. The average Bonchev–Trinajstić information content (AvgIpc) is 2.70. The first-order valence-corrected chi connectivity index (χ1v) is 6.12. The van der Waals surface area contributed by atoms with Crippen LogP contribution in [0.25, 0.3) is 0 Å². The van der Waals surface area contributed by atoms with E-state index in [9.17, 15) is 0 Å². The van der Waals surface area contributed by atoms with Gasteiger partial charge in [-0.3, -0.25) is 0 Å². The molecule has 2 aliphatic heterocycles. The largest absolute Gasteiger partial charge is 0.370 e. The lowest BCUT2D eigenvalue weighted by Gasteiger charge is -2.19. The van der Waals surface area contributed by atoms with Gasteiger partial charge in [-0.05, 0) is 27.7 Å². The summed E-state index contributed by atoms with van der Waals surface area (Å²) in [4.78, 5) is 0. The number of hydrogen-bond acceptors (Lipinski definition) is 4. The van der Waals surface area contributed by atoms with Gasteiger partial charge in [-0.1, -0.05) is 0 Å². The Bertz CT molecular complexity index is 205. The van der Waals surface area contributed by atoms with Gasteiger partial charge in [0.2, 0.25) is 0 Å². The Morgan fingerprint density at radius 1 is 0.812 bits per heavy atom. The van der Waals surface area contributed by atoms with E-state index >= 15 is 0 Å². The molecule has 4 atom stereocenters. The number of rotatable bonds is 4. The first-order chi connectivity index (χ1) is 7.58. The Labute approximate surface area is 97.2 Å². The van der Waals surface area contributed by atoms with Crippen molar-refractivity contribution in [2.75, 3.05) is 13.2 Å². The lowest BCUT2D eigenvalue weighted by molar-refractivity contribution is -0.0753. The molecule has 2 rings (SSSR count). The van der Waals surface area contributed by atoms with Gasteiger partial charge in [-0.2, -0.15) is 0 Å². The van der Waals surface area contributed by atoms with Crippen LogP contribution >= 0.6 is 0 Å². The van der Waals surface area contributed by atoms with Gasteiger partial charge in [0.25, 0.3) is 0 Å². The third-order valence-corrected chi connectivity index (χ3v) is 2.86. The van der Waals surface area contributed by atoms with E-state index in [0.717, 1.165) is 0 Å². The lowest BCUT2D eigenvalue weighted by atomic mass is 10.1. The van der Waals surface area contributed by atoms with Crippen LogP contribution in [0.4, 0.5) is 0 Å². The Hall–Kier alpha value is -0.160. The smallest absolute Gasteiger partial charge is 0.115 e. The SMILES string of the molecule is CC(C)O[C@@H]1CO[C@@H]2[C@H]1OC[C@H]2OC(C)C. The van der Waals surface area contributed by atoms with E-state index < -0.39 is 0 Å². The molecule has 4 nitrogen and oxygen atoms in total. The molecule has 0 aliphatic carbocycles. The van der Waals surface area contributed by atoms with Crippen LogP contribution in [-0.2, 0) is 18.9 Å². The summed E-state index contributed by atoms with van der Waals surface area (Å²) in [6.07, 6.45) is 0.635. The maximum atomic E-state index is 5.77. The van der Waals surface area contributed by atoms with Crippen molar-refractivity contribution in [1.29, 1.82) is 0 Å². The molecule has 16 heavy (non-hydrogen) atoms. The molecule has 2 aliphatic rings. The molecule has 4 heteroatoms. The van der Waals surface area contributed by atoms with Crippen LogP contribution < -0.4 is 0 Å². The maximum absolute atomic E-state index is 5.77. The van der Waals surface area contributed by atoms with Crippen molar-refractivity contribution in [3.63, 3.8) is 0 Å². The zero-order valence-electron chi connectivity index (χ0n) is 10.5. The van der Waals surface area contributed by atoms with Crippen molar-refractivity contribution < 1.29 is 18.9 Å². The minimum Gasteiger partial charge on any atom is -0.370 e. The van der Waals surface area contributed by atoms with Crippen molar-refractivity contribution in [3.05, 3.63) is 0 Å². The summed E-state index contributed by atoms with van der Waals surface area (Å²) in [5, 5.41) is 0. The van der Waals surface area contributed by atoms with Gasteiger partial charge in [0.15, 0.2) is 0 Å². The van der Waals surface area contributed by atoms with Crippen molar-refractivity contribution in [2.45, 2.75) is 64.3 Å². The van der Waals surface area contributed by atoms with Crippen LogP contribution in [0.15, 0.2) is 0 Å². The van der Waals surface area contributed by atoms with Crippen molar-refractivity contribution in [2.24, 2.45) is 0 Å². The van der Waals surface area contributed by atoms with E-state index in [2.05, 4.69) is 0 Å². The molecule has 0 spiro atoms. The molecule has 0 aromatic heterocycles. The number of ether oxygens (including phenoxy) is 4. The fourth-order valence-electron chi connectivity index (χ4n) is 2.36. The van der Waals surface area contributed by atoms with E-state index in [1.54, 1.807) is 0 Å². The normalized spacial score (nSPS) is 38.6. The predicted molar refractivity (Wildman–Crippen MR) is 59.5 cm³/mol. The van der Waals surface area contributed by atoms with Crippen LogP contribution in [0.1, 0.15) is 27.7 Å². The van der Waals surface area contributed by atoms with Crippen molar-refractivity contribution in [3.8, 4) is 0 Å². The van der Waals surface area contributed by atoms with Gasteiger partial charge in [0, 0.05) is 0 Å². The van der Waals surface area contributed by atoms with Crippen LogP contribution in [0.2, 0.25) is 0 Å². The van der Waals surface area contributed by atoms with Crippen LogP contribution in [-0.4, -0.2) is 49.8 Å². The summed E-state index contributed by atoms with van der Waals surface area (Å²) in [6.45, 7) is 9.36. The maximum Gasteiger partial charge on any atom is 0.115 e. The highest BCUT2D eigenvalue weighted by molar-refractivity contribution is 4.96. The van der Waals surface area contributed by atoms with Crippen LogP contribution in [0.5, 0.6) is 0 Å². The average molecular weight is 230 g/mol. The number of fused-ring (bicyclic) bond motifs is 1. The van der Waals surface area contributed by atoms with E-state index in [4.69, 9.17) is 18.9 Å².